The van der Waals surface area contributed by atoms with Crippen molar-refractivity contribution >= 4 is 9.84 Å². The number of sulfone groups is 1. The standard InChI is InChI=1S/C15H23NO2S/c1-12-6-3-4-7-13(12)11-16-14-8-5-9-15(10-14)19(2,17)18/h3-4,6-7,14-16H,5,8-11H2,1-2H3. The molecule has 3 nitrogen and oxygen atoms in total. The van der Waals surface area contributed by atoms with E-state index in [-0.39, 0.29) is 5.25 Å². The van der Waals surface area contributed by atoms with Gasteiger partial charge in [-0.15, -0.1) is 0 Å². The molecule has 0 aromatic heterocycles. The summed E-state index contributed by atoms with van der Waals surface area (Å²) in [5.74, 6) is 0. The zero-order chi connectivity index (χ0) is 13.9. The molecule has 1 aromatic carbocycles. The summed E-state index contributed by atoms with van der Waals surface area (Å²) in [6.07, 6.45) is 5.02. The second-order valence-corrected chi connectivity index (χ2v) is 7.95. The summed E-state index contributed by atoms with van der Waals surface area (Å²) in [5.41, 5.74) is 2.58. The van der Waals surface area contributed by atoms with Crippen LogP contribution in [0.15, 0.2) is 24.3 Å². The minimum Gasteiger partial charge on any atom is -0.310 e. The molecule has 0 spiro atoms. The van der Waals surface area contributed by atoms with Crippen molar-refractivity contribution < 1.29 is 8.42 Å². The SMILES string of the molecule is Cc1ccccc1CNC1CCCC(S(C)(=O)=O)C1. The van der Waals surface area contributed by atoms with Gasteiger partial charge in [0.2, 0.25) is 0 Å². The van der Waals surface area contributed by atoms with Gasteiger partial charge in [0.05, 0.1) is 5.25 Å². The summed E-state index contributed by atoms with van der Waals surface area (Å²) in [5, 5.41) is 3.36. The van der Waals surface area contributed by atoms with Crippen LogP contribution in [0.5, 0.6) is 0 Å². The molecular weight excluding hydrogens is 258 g/mol. The predicted molar refractivity (Wildman–Crippen MR) is 78.9 cm³/mol. The second kappa shape index (κ2) is 6.06. The molecule has 2 atom stereocenters. The van der Waals surface area contributed by atoms with Crippen molar-refractivity contribution in [3.05, 3.63) is 35.4 Å². The highest BCUT2D eigenvalue weighted by atomic mass is 32.2. The highest BCUT2D eigenvalue weighted by Crippen LogP contribution is 2.24. The second-order valence-electron chi connectivity index (χ2n) is 5.62. The zero-order valence-electron chi connectivity index (χ0n) is 11.7. The Kier molecular flexibility index (Phi) is 4.63. The van der Waals surface area contributed by atoms with Crippen LogP contribution >= 0.6 is 0 Å². The van der Waals surface area contributed by atoms with Crippen molar-refractivity contribution in [2.24, 2.45) is 0 Å². The van der Waals surface area contributed by atoms with Crippen LogP contribution in [-0.4, -0.2) is 26.0 Å². The maximum atomic E-state index is 11.6. The smallest absolute Gasteiger partial charge is 0.150 e. The third kappa shape index (κ3) is 4.05. The third-order valence-electron chi connectivity index (χ3n) is 4.07. The Balaban J connectivity index is 1.92. The first-order chi connectivity index (χ1) is 8.97. The molecule has 0 saturated heterocycles. The van der Waals surface area contributed by atoms with Gasteiger partial charge in [-0.2, -0.15) is 0 Å². The van der Waals surface area contributed by atoms with E-state index in [4.69, 9.17) is 0 Å². The van der Waals surface area contributed by atoms with Gasteiger partial charge in [0.15, 0.2) is 0 Å². The van der Waals surface area contributed by atoms with Crippen LogP contribution in [-0.2, 0) is 16.4 Å². The number of rotatable bonds is 4. The van der Waals surface area contributed by atoms with Crippen LogP contribution in [0.4, 0.5) is 0 Å². The summed E-state index contributed by atoms with van der Waals surface area (Å²) < 4.78 is 23.3. The number of hydrogen-bond acceptors (Lipinski definition) is 3. The molecule has 2 rings (SSSR count). The molecule has 0 aliphatic heterocycles. The Morgan fingerprint density at radius 3 is 2.68 bits per heavy atom. The van der Waals surface area contributed by atoms with Gasteiger partial charge in [0.1, 0.15) is 9.84 Å². The highest BCUT2D eigenvalue weighted by molar-refractivity contribution is 7.91. The minimum atomic E-state index is -2.89. The highest BCUT2D eigenvalue weighted by Gasteiger charge is 2.28. The fourth-order valence-electron chi connectivity index (χ4n) is 2.78. The van der Waals surface area contributed by atoms with E-state index in [9.17, 15) is 8.42 Å². The van der Waals surface area contributed by atoms with E-state index in [1.165, 1.54) is 17.4 Å². The molecule has 1 saturated carbocycles. The molecule has 19 heavy (non-hydrogen) atoms. The van der Waals surface area contributed by atoms with Crippen LogP contribution < -0.4 is 5.32 Å². The maximum absolute atomic E-state index is 11.6. The number of hydrogen-bond donors (Lipinski definition) is 1. The maximum Gasteiger partial charge on any atom is 0.150 e. The van der Waals surface area contributed by atoms with Crippen molar-refractivity contribution in [1.82, 2.24) is 5.32 Å². The summed E-state index contributed by atoms with van der Waals surface area (Å²) in [6.45, 7) is 2.94. The Labute approximate surface area is 116 Å². The van der Waals surface area contributed by atoms with E-state index >= 15 is 0 Å². The van der Waals surface area contributed by atoms with Crippen molar-refractivity contribution in [2.45, 2.75) is 50.4 Å². The molecule has 0 amide bonds. The molecule has 1 aromatic rings. The van der Waals surface area contributed by atoms with Gasteiger partial charge >= 0.3 is 0 Å². The lowest BCUT2D eigenvalue weighted by molar-refractivity contribution is 0.370. The van der Waals surface area contributed by atoms with Gasteiger partial charge in [-0.1, -0.05) is 30.7 Å². The summed E-state index contributed by atoms with van der Waals surface area (Å²) >= 11 is 0. The van der Waals surface area contributed by atoms with Crippen LogP contribution in [0.3, 0.4) is 0 Å². The quantitative estimate of drug-likeness (QED) is 0.922. The molecule has 0 bridgehead atoms. The lowest BCUT2D eigenvalue weighted by Crippen LogP contribution is -2.38. The van der Waals surface area contributed by atoms with Crippen LogP contribution in [0.25, 0.3) is 0 Å². The number of benzene rings is 1. The van der Waals surface area contributed by atoms with Gasteiger partial charge < -0.3 is 5.32 Å². The summed E-state index contributed by atoms with van der Waals surface area (Å²) in [4.78, 5) is 0. The number of nitrogens with one attached hydrogen (secondary N) is 1. The van der Waals surface area contributed by atoms with Gasteiger partial charge in [-0.25, -0.2) is 8.42 Å². The normalized spacial score (nSPS) is 24.3. The first-order valence-corrected chi connectivity index (χ1v) is 8.89. The average Bonchev–Trinajstić information content (AvgIpc) is 2.37. The topological polar surface area (TPSA) is 46.2 Å². The monoisotopic (exact) mass is 281 g/mol. The van der Waals surface area contributed by atoms with Crippen molar-refractivity contribution in [3.8, 4) is 0 Å². The molecule has 1 fully saturated rings. The molecule has 1 N–H and O–H groups in total. The predicted octanol–water partition coefficient (Wildman–Crippen LogP) is 2.44. The van der Waals surface area contributed by atoms with E-state index < -0.39 is 9.84 Å². The zero-order valence-corrected chi connectivity index (χ0v) is 12.5. The van der Waals surface area contributed by atoms with Gasteiger partial charge in [-0.3, -0.25) is 0 Å². The first kappa shape index (κ1) is 14.5. The van der Waals surface area contributed by atoms with Crippen molar-refractivity contribution in [2.75, 3.05) is 6.26 Å². The molecule has 2 unspecified atom stereocenters. The fraction of sp³-hybridized carbons (Fsp3) is 0.600. The van der Waals surface area contributed by atoms with Crippen molar-refractivity contribution in [3.63, 3.8) is 0 Å². The van der Waals surface area contributed by atoms with Crippen LogP contribution in [0, 0.1) is 6.92 Å². The number of aryl methyl sites for hydroxylation is 1. The van der Waals surface area contributed by atoms with Gasteiger partial charge in [-0.05, 0) is 37.3 Å². The molecule has 106 valence electrons. The lowest BCUT2D eigenvalue weighted by atomic mass is 9.94. The van der Waals surface area contributed by atoms with E-state index in [0.717, 1.165) is 32.2 Å². The van der Waals surface area contributed by atoms with E-state index in [2.05, 4.69) is 24.4 Å². The van der Waals surface area contributed by atoms with Crippen molar-refractivity contribution in [1.29, 1.82) is 0 Å². The summed E-state index contributed by atoms with van der Waals surface area (Å²) in [7, 11) is -2.89. The minimum absolute atomic E-state index is 0.157. The lowest BCUT2D eigenvalue weighted by Gasteiger charge is -2.29. The molecule has 1 aliphatic carbocycles. The molecule has 4 heteroatoms. The largest absolute Gasteiger partial charge is 0.310 e. The van der Waals surface area contributed by atoms with Gasteiger partial charge in [0, 0.05) is 18.8 Å². The molecule has 0 heterocycles. The Hall–Kier alpha value is -0.870. The average molecular weight is 281 g/mol. The van der Waals surface area contributed by atoms with Crippen LogP contribution in [0.1, 0.15) is 36.8 Å². The molecule has 0 radical (unpaired) electrons. The Morgan fingerprint density at radius 2 is 2.00 bits per heavy atom. The molecular formula is C15H23NO2S. The van der Waals surface area contributed by atoms with E-state index in [1.807, 2.05) is 12.1 Å². The Morgan fingerprint density at radius 1 is 1.26 bits per heavy atom. The first-order valence-electron chi connectivity index (χ1n) is 6.93. The van der Waals surface area contributed by atoms with E-state index in [0.29, 0.717) is 6.04 Å². The Bertz CT molecular complexity index is 525. The molecule has 1 aliphatic rings. The van der Waals surface area contributed by atoms with E-state index in [1.54, 1.807) is 0 Å². The van der Waals surface area contributed by atoms with Gasteiger partial charge in [0.25, 0.3) is 0 Å². The summed E-state index contributed by atoms with van der Waals surface area (Å²) in [6, 6.07) is 8.65. The fourth-order valence-corrected chi connectivity index (χ4v) is 3.96. The van der Waals surface area contributed by atoms with Crippen LogP contribution in [0.2, 0.25) is 0 Å². The third-order valence-corrected chi connectivity index (χ3v) is 5.71.